The van der Waals surface area contributed by atoms with Gasteiger partial charge in [0.05, 0.1) is 12.2 Å². The maximum absolute atomic E-state index is 14.7. The molecular weight excluding hydrogens is 531 g/mol. The molecular formula is C32H39FN8O. The fourth-order valence-electron chi connectivity index (χ4n) is 7.01. The molecule has 4 heterocycles. The number of benzene rings is 2. The Morgan fingerprint density at radius 2 is 1.62 bits per heavy atom. The molecule has 2 amide bonds. The second kappa shape index (κ2) is 11.9. The van der Waals surface area contributed by atoms with Crippen LogP contribution in [-0.4, -0.2) is 72.3 Å². The zero-order valence-electron chi connectivity index (χ0n) is 24.0. The molecule has 2 N–H and O–H groups in total. The monoisotopic (exact) mass is 570 g/mol. The molecule has 1 aromatic heterocycles. The molecule has 1 aliphatic carbocycles. The molecule has 3 aromatic rings. The van der Waals surface area contributed by atoms with E-state index in [1.807, 2.05) is 0 Å². The summed E-state index contributed by atoms with van der Waals surface area (Å²) < 4.78 is 14.7. The highest BCUT2D eigenvalue weighted by molar-refractivity contribution is 6.06. The Kier molecular flexibility index (Phi) is 7.65. The molecule has 4 aliphatic rings. The van der Waals surface area contributed by atoms with E-state index >= 15 is 0 Å². The van der Waals surface area contributed by atoms with Gasteiger partial charge in [0.2, 0.25) is 5.95 Å². The highest BCUT2D eigenvalue weighted by Gasteiger charge is 2.39. The normalized spacial score (nSPS) is 20.7. The number of para-hydroxylation sites is 1. The largest absolute Gasteiger partial charge is 0.371 e. The fraction of sp³-hybridized carbons (Fsp3) is 0.469. The number of rotatable bonds is 6. The summed E-state index contributed by atoms with van der Waals surface area (Å²) in [7, 11) is 0. The first-order valence-electron chi connectivity index (χ1n) is 15.4. The predicted octanol–water partition coefficient (Wildman–Crippen LogP) is 5.12. The molecule has 7 rings (SSSR count). The number of nitrogens with zero attached hydrogens (tertiary/aromatic N) is 6. The van der Waals surface area contributed by atoms with Gasteiger partial charge in [-0.05, 0) is 62.1 Å². The molecule has 0 radical (unpaired) electrons. The number of piperidine rings is 1. The number of hydrogen-bond acceptors (Lipinski definition) is 7. The summed E-state index contributed by atoms with van der Waals surface area (Å²) in [6.45, 7) is 6.90. The van der Waals surface area contributed by atoms with Crippen molar-refractivity contribution in [3.63, 3.8) is 0 Å². The second-order valence-electron chi connectivity index (χ2n) is 11.8. The average molecular weight is 571 g/mol. The lowest BCUT2D eigenvalue weighted by atomic mass is 10.0. The second-order valence-corrected chi connectivity index (χ2v) is 11.8. The number of urea groups is 1. The molecule has 2 aromatic carbocycles. The molecule has 0 unspecified atom stereocenters. The van der Waals surface area contributed by atoms with Crippen LogP contribution in [0.15, 0.2) is 54.7 Å². The number of nitrogens with one attached hydrogen (secondary N) is 2. The average Bonchev–Trinajstić information content (AvgIpc) is 3.57. The molecule has 3 aliphatic heterocycles. The Morgan fingerprint density at radius 3 is 2.36 bits per heavy atom. The maximum atomic E-state index is 14.7. The molecule has 0 spiro atoms. The van der Waals surface area contributed by atoms with Crippen molar-refractivity contribution < 1.29 is 9.18 Å². The maximum Gasteiger partial charge on any atom is 0.330 e. The van der Waals surface area contributed by atoms with Crippen LogP contribution in [0.25, 0.3) is 0 Å². The number of piperazine rings is 1. The van der Waals surface area contributed by atoms with Crippen LogP contribution in [0.1, 0.15) is 44.1 Å². The van der Waals surface area contributed by atoms with E-state index in [1.165, 1.54) is 29.5 Å². The van der Waals surface area contributed by atoms with Gasteiger partial charge in [-0.1, -0.05) is 25.0 Å². The van der Waals surface area contributed by atoms with Crippen LogP contribution in [0, 0.1) is 5.82 Å². The number of fused-ring (bicyclic) bond motifs is 1. The van der Waals surface area contributed by atoms with Gasteiger partial charge in [-0.15, -0.1) is 0 Å². The van der Waals surface area contributed by atoms with Crippen molar-refractivity contribution in [2.45, 2.75) is 57.2 Å². The molecule has 3 fully saturated rings. The summed E-state index contributed by atoms with van der Waals surface area (Å²) in [5.41, 5.74) is 3.23. The number of amides is 2. The lowest BCUT2D eigenvalue weighted by Gasteiger charge is -2.41. The van der Waals surface area contributed by atoms with E-state index < -0.39 is 5.82 Å². The number of halogens is 1. The highest BCUT2D eigenvalue weighted by Crippen LogP contribution is 2.37. The molecule has 220 valence electrons. The third-order valence-corrected chi connectivity index (χ3v) is 9.29. The van der Waals surface area contributed by atoms with Gasteiger partial charge in [0.15, 0.2) is 0 Å². The summed E-state index contributed by atoms with van der Waals surface area (Å²) >= 11 is 0. The molecule has 42 heavy (non-hydrogen) atoms. The summed E-state index contributed by atoms with van der Waals surface area (Å²) in [5, 5.41) is 6.80. The third kappa shape index (κ3) is 5.41. The Hall–Kier alpha value is -3.76. The highest BCUT2D eigenvalue weighted by atomic mass is 19.1. The summed E-state index contributed by atoms with van der Waals surface area (Å²) in [6.07, 6.45) is 8.14. The number of carbonyl (C=O) groups excluding carboxylic acids is 1. The zero-order valence-corrected chi connectivity index (χ0v) is 24.0. The van der Waals surface area contributed by atoms with Crippen molar-refractivity contribution in [3.8, 4) is 0 Å². The number of hydrogen-bond donors (Lipinski definition) is 2. The Bertz CT molecular complexity index is 1400. The van der Waals surface area contributed by atoms with Crippen LogP contribution in [0.2, 0.25) is 0 Å². The summed E-state index contributed by atoms with van der Waals surface area (Å²) in [5.74, 6) is 0.668. The third-order valence-electron chi connectivity index (χ3n) is 9.29. The van der Waals surface area contributed by atoms with E-state index in [-0.39, 0.29) is 24.3 Å². The Labute approximate surface area is 246 Å². The minimum atomic E-state index is -0.410. The summed E-state index contributed by atoms with van der Waals surface area (Å²) in [4.78, 5) is 31.6. The SMILES string of the molecule is O=C1N(c2ccccc2F)Cc2cnc(Nc3ccc(N4CCC(N5CCNCC5)CC4)cc3)nc2N1C1CCCC1. The molecule has 2 saturated heterocycles. The van der Waals surface area contributed by atoms with Crippen LogP contribution < -0.4 is 25.3 Å². The number of anilines is 5. The number of carbonyl (C=O) groups is 1. The standard InChI is InChI=1S/C32H39FN8O/c33-28-7-3-4-8-29(28)40-22-23-21-35-31(37-30(23)41(32(40)42)27-5-1-2-6-27)36-24-9-11-25(12-10-24)38-17-13-26(14-18-38)39-19-15-34-16-20-39/h3-4,7-12,21,26-27,34H,1-2,5-6,13-20,22H2,(H,35,36,37). The Balaban J connectivity index is 1.06. The van der Waals surface area contributed by atoms with Crippen molar-refractivity contribution in [2.24, 2.45) is 0 Å². The van der Waals surface area contributed by atoms with Gasteiger partial charge in [-0.25, -0.2) is 14.2 Å². The zero-order chi connectivity index (χ0) is 28.5. The first-order chi connectivity index (χ1) is 20.6. The van der Waals surface area contributed by atoms with Crippen molar-refractivity contribution in [1.29, 1.82) is 0 Å². The molecule has 10 heteroatoms. The van der Waals surface area contributed by atoms with E-state index in [0.717, 1.165) is 76.2 Å². The lowest BCUT2D eigenvalue weighted by molar-refractivity contribution is 0.150. The Morgan fingerprint density at radius 1 is 0.881 bits per heavy atom. The molecule has 9 nitrogen and oxygen atoms in total. The molecule has 1 saturated carbocycles. The van der Waals surface area contributed by atoms with E-state index in [1.54, 1.807) is 29.3 Å². The van der Waals surface area contributed by atoms with Gasteiger partial charge < -0.3 is 15.5 Å². The van der Waals surface area contributed by atoms with Crippen molar-refractivity contribution >= 4 is 34.9 Å². The van der Waals surface area contributed by atoms with E-state index in [4.69, 9.17) is 4.98 Å². The smallest absolute Gasteiger partial charge is 0.330 e. The van der Waals surface area contributed by atoms with Crippen LogP contribution in [0.5, 0.6) is 0 Å². The minimum Gasteiger partial charge on any atom is -0.371 e. The van der Waals surface area contributed by atoms with Gasteiger partial charge in [0, 0.05) is 74.5 Å². The summed E-state index contributed by atoms with van der Waals surface area (Å²) in [6, 6.07) is 15.4. The van der Waals surface area contributed by atoms with Crippen LogP contribution in [0.3, 0.4) is 0 Å². The molecule has 0 bridgehead atoms. The molecule has 0 atom stereocenters. The first kappa shape index (κ1) is 27.1. The first-order valence-corrected chi connectivity index (χ1v) is 15.4. The van der Waals surface area contributed by atoms with Crippen molar-refractivity contribution in [2.75, 3.05) is 59.3 Å². The van der Waals surface area contributed by atoms with E-state index in [2.05, 4.69) is 49.7 Å². The minimum absolute atomic E-state index is 0.0450. The van der Waals surface area contributed by atoms with Gasteiger partial charge in [-0.3, -0.25) is 14.7 Å². The topological polar surface area (TPSA) is 79.9 Å². The van der Waals surface area contributed by atoms with Crippen LogP contribution in [-0.2, 0) is 6.54 Å². The predicted molar refractivity (Wildman–Crippen MR) is 164 cm³/mol. The quantitative estimate of drug-likeness (QED) is 0.426. The van der Waals surface area contributed by atoms with Crippen molar-refractivity contribution in [3.05, 3.63) is 66.1 Å². The van der Waals surface area contributed by atoms with E-state index in [0.29, 0.717) is 17.8 Å². The van der Waals surface area contributed by atoms with E-state index in [9.17, 15) is 9.18 Å². The fourth-order valence-corrected chi connectivity index (χ4v) is 7.01. The van der Waals surface area contributed by atoms with Gasteiger partial charge in [0.25, 0.3) is 0 Å². The van der Waals surface area contributed by atoms with Crippen molar-refractivity contribution in [1.82, 2.24) is 20.2 Å². The van der Waals surface area contributed by atoms with Crippen LogP contribution in [0.4, 0.5) is 38.0 Å². The van der Waals surface area contributed by atoms with Gasteiger partial charge >= 0.3 is 6.03 Å². The van der Waals surface area contributed by atoms with Gasteiger partial charge in [-0.2, -0.15) is 4.98 Å². The lowest BCUT2D eigenvalue weighted by Crippen LogP contribution is -2.52. The number of aromatic nitrogens is 2. The van der Waals surface area contributed by atoms with Crippen LogP contribution >= 0.6 is 0 Å². The van der Waals surface area contributed by atoms with Gasteiger partial charge in [0.1, 0.15) is 11.6 Å².